The molecule has 9 heteroatoms. The predicted molar refractivity (Wildman–Crippen MR) is 101 cm³/mol. The van der Waals surface area contributed by atoms with Gasteiger partial charge in [0, 0.05) is 28.9 Å². The largest absolute Gasteiger partial charge is 0.318 e. The van der Waals surface area contributed by atoms with Crippen molar-refractivity contribution >= 4 is 39.4 Å². The predicted octanol–water partition coefficient (Wildman–Crippen LogP) is 3.60. The van der Waals surface area contributed by atoms with Crippen LogP contribution in [0.3, 0.4) is 0 Å². The summed E-state index contributed by atoms with van der Waals surface area (Å²) in [7, 11) is 0. The van der Waals surface area contributed by atoms with Crippen molar-refractivity contribution in [3.63, 3.8) is 0 Å². The van der Waals surface area contributed by atoms with Crippen LogP contribution < -0.4 is 5.56 Å². The summed E-state index contributed by atoms with van der Waals surface area (Å²) in [5, 5.41) is 0.201. The van der Waals surface area contributed by atoms with Crippen molar-refractivity contribution in [1.82, 2.24) is 24.5 Å². The minimum Gasteiger partial charge on any atom is -0.318 e. The molecular weight excluding hydrogens is 388 g/mol. The molecule has 0 amide bonds. The number of allylic oxidation sites excluding steroid dienone is 4. The van der Waals surface area contributed by atoms with E-state index in [9.17, 15) is 13.6 Å². The lowest BCUT2D eigenvalue weighted by Crippen LogP contribution is -2.15. The summed E-state index contributed by atoms with van der Waals surface area (Å²) >= 11 is 6.25. The van der Waals surface area contributed by atoms with Crippen molar-refractivity contribution in [2.45, 2.75) is 6.54 Å². The van der Waals surface area contributed by atoms with Crippen molar-refractivity contribution in [2.75, 3.05) is 0 Å². The highest BCUT2D eigenvalue weighted by molar-refractivity contribution is 6.32. The normalized spacial score (nSPS) is 13.2. The molecule has 3 heterocycles. The molecule has 138 valence electrons. The molecule has 1 aliphatic carbocycles. The number of halogens is 3. The molecule has 1 N–H and O–H groups in total. The summed E-state index contributed by atoms with van der Waals surface area (Å²) in [5.74, 6) is -1.59. The Labute approximate surface area is 160 Å². The molecule has 0 unspecified atom stereocenters. The molecule has 0 aliphatic heterocycles. The molecule has 5 rings (SSSR count). The highest BCUT2D eigenvalue weighted by atomic mass is 35.5. The van der Waals surface area contributed by atoms with Crippen molar-refractivity contribution in [3.8, 4) is 0 Å². The average Bonchev–Trinajstić information content (AvgIpc) is 2.99. The maximum Gasteiger partial charge on any atom is 0.267 e. The minimum absolute atomic E-state index is 0.0834. The number of pyridine rings is 1. The second-order valence-corrected chi connectivity index (χ2v) is 6.61. The van der Waals surface area contributed by atoms with Gasteiger partial charge in [0.2, 0.25) is 0 Å². The van der Waals surface area contributed by atoms with E-state index in [0.29, 0.717) is 28.1 Å². The zero-order chi connectivity index (χ0) is 19.4. The molecule has 0 atom stereocenters. The van der Waals surface area contributed by atoms with E-state index in [4.69, 9.17) is 11.6 Å². The number of hydrogen-bond donors (Lipinski definition) is 1. The number of rotatable bonds is 3. The second-order valence-electron chi connectivity index (χ2n) is 6.24. The van der Waals surface area contributed by atoms with Crippen LogP contribution in [0.25, 0.3) is 27.8 Å². The van der Waals surface area contributed by atoms with E-state index in [2.05, 4.69) is 19.9 Å². The van der Waals surface area contributed by atoms with Crippen LogP contribution in [0, 0.1) is 11.6 Å². The quantitative estimate of drug-likeness (QED) is 0.573. The van der Waals surface area contributed by atoms with Crippen molar-refractivity contribution in [3.05, 3.63) is 81.2 Å². The van der Waals surface area contributed by atoms with Gasteiger partial charge in [0.25, 0.3) is 5.56 Å². The first kappa shape index (κ1) is 16.8. The number of aromatic amines is 1. The zero-order valence-corrected chi connectivity index (χ0v) is 14.8. The molecule has 0 spiro atoms. The Hall–Kier alpha value is -3.39. The summed E-state index contributed by atoms with van der Waals surface area (Å²) in [5.41, 5.74) is 1.20. The second kappa shape index (κ2) is 6.07. The van der Waals surface area contributed by atoms with E-state index in [1.165, 1.54) is 18.5 Å². The van der Waals surface area contributed by atoms with E-state index in [-0.39, 0.29) is 17.1 Å². The summed E-state index contributed by atoms with van der Waals surface area (Å²) in [6, 6.07) is 2.39. The van der Waals surface area contributed by atoms with Crippen LogP contribution in [-0.4, -0.2) is 24.5 Å². The zero-order valence-electron chi connectivity index (χ0n) is 14.1. The van der Waals surface area contributed by atoms with Gasteiger partial charge in [0.15, 0.2) is 22.9 Å². The monoisotopic (exact) mass is 397 g/mol. The van der Waals surface area contributed by atoms with Gasteiger partial charge in [0.1, 0.15) is 10.8 Å². The lowest BCUT2D eigenvalue weighted by Gasteiger charge is -2.14. The van der Waals surface area contributed by atoms with E-state index in [1.807, 2.05) is 18.2 Å². The molecule has 4 aromatic rings. The molecule has 0 radical (unpaired) electrons. The van der Waals surface area contributed by atoms with E-state index in [0.717, 1.165) is 11.6 Å². The van der Waals surface area contributed by atoms with Crippen molar-refractivity contribution < 1.29 is 8.78 Å². The number of H-pyrrole nitrogens is 1. The first-order valence-electron chi connectivity index (χ1n) is 8.29. The first-order valence-corrected chi connectivity index (χ1v) is 8.66. The molecule has 0 saturated heterocycles. The number of fused-ring (bicyclic) bond motifs is 2. The van der Waals surface area contributed by atoms with Gasteiger partial charge < -0.3 is 9.55 Å². The van der Waals surface area contributed by atoms with Crippen LogP contribution in [0.1, 0.15) is 11.4 Å². The summed E-state index contributed by atoms with van der Waals surface area (Å²) < 4.78 is 29.6. The SMILES string of the molecule is O=c1[nH]c2c(F)c(F)ccc2c(Cn2c(C3=CC=C3)nc3nccnc32)c1Cl. The molecule has 28 heavy (non-hydrogen) atoms. The van der Waals surface area contributed by atoms with Gasteiger partial charge in [-0.3, -0.25) is 4.79 Å². The summed E-state index contributed by atoms with van der Waals surface area (Å²) in [4.78, 5) is 27.6. The fourth-order valence-electron chi connectivity index (χ4n) is 3.23. The van der Waals surface area contributed by atoms with Gasteiger partial charge in [-0.05, 0) is 12.1 Å². The maximum atomic E-state index is 14.2. The number of imidazole rings is 1. The number of nitrogens with one attached hydrogen (secondary N) is 1. The van der Waals surface area contributed by atoms with Gasteiger partial charge in [0.05, 0.1) is 12.1 Å². The minimum atomic E-state index is -1.13. The van der Waals surface area contributed by atoms with Crippen LogP contribution in [0.2, 0.25) is 5.02 Å². The maximum absolute atomic E-state index is 14.2. The summed E-state index contributed by atoms with van der Waals surface area (Å²) in [6.07, 6.45) is 8.69. The van der Waals surface area contributed by atoms with Crippen molar-refractivity contribution in [2.24, 2.45) is 0 Å². The van der Waals surface area contributed by atoms with Crippen molar-refractivity contribution in [1.29, 1.82) is 0 Å². The molecular formula is C19H10ClF2N5O. The Balaban J connectivity index is 1.79. The molecule has 6 nitrogen and oxygen atoms in total. The summed E-state index contributed by atoms with van der Waals surface area (Å²) in [6.45, 7) is 0.0834. The van der Waals surface area contributed by atoms with Crippen LogP contribution in [0.4, 0.5) is 8.78 Å². The average molecular weight is 398 g/mol. The Morgan fingerprint density at radius 2 is 1.96 bits per heavy atom. The molecule has 3 aromatic heterocycles. The number of benzene rings is 1. The number of nitrogens with zero attached hydrogens (tertiary/aromatic N) is 4. The fourth-order valence-corrected chi connectivity index (χ4v) is 3.43. The number of aromatic nitrogens is 5. The molecule has 1 aromatic carbocycles. The third-order valence-electron chi connectivity index (χ3n) is 4.63. The van der Waals surface area contributed by atoms with Crippen LogP contribution >= 0.6 is 11.6 Å². The molecule has 1 aliphatic rings. The third kappa shape index (κ3) is 2.38. The van der Waals surface area contributed by atoms with Gasteiger partial charge >= 0.3 is 0 Å². The Kier molecular flexibility index (Phi) is 3.63. The van der Waals surface area contributed by atoms with E-state index in [1.54, 1.807) is 4.57 Å². The van der Waals surface area contributed by atoms with Gasteiger partial charge in [-0.1, -0.05) is 29.8 Å². The highest BCUT2D eigenvalue weighted by Crippen LogP contribution is 2.29. The molecule has 0 saturated carbocycles. The van der Waals surface area contributed by atoms with Gasteiger partial charge in [-0.15, -0.1) is 0 Å². The van der Waals surface area contributed by atoms with Gasteiger partial charge in [-0.2, -0.15) is 0 Å². The Morgan fingerprint density at radius 3 is 2.71 bits per heavy atom. The number of hydrogen-bond acceptors (Lipinski definition) is 4. The van der Waals surface area contributed by atoms with Crippen LogP contribution in [-0.2, 0) is 6.54 Å². The Bertz CT molecular complexity index is 1400. The fraction of sp³-hybridized carbons (Fsp3) is 0.0526. The van der Waals surface area contributed by atoms with Crippen LogP contribution in [0.15, 0.2) is 47.5 Å². The van der Waals surface area contributed by atoms with Gasteiger partial charge in [-0.25, -0.2) is 23.7 Å². The molecule has 0 fully saturated rings. The lowest BCUT2D eigenvalue weighted by molar-refractivity contribution is 0.515. The third-order valence-corrected chi connectivity index (χ3v) is 5.03. The smallest absolute Gasteiger partial charge is 0.267 e. The van der Waals surface area contributed by atoms with E-state index >= 15 is 0 Å². The standard InChI is InChI=1S/C19H10ClF2N5O/c20-13-11(10-4-5-12(21)14(22)15(10)25-19(13)28)8-27-17(9-2-1-3-9)26-16-18(27)24-7-6-23-16/h1-7H,8H2,(H,25,28). The van der Waals surface area contributed by atoms with Crippen LogP contribution in [0.5, 0.6) is 0 Å². The molecule has 0 bridgehead atoms. The highest BCUT2D eigenvalue weighted by Gasteiger charge is 2.21. The lowest BCUT2D eigenvalue weighted by atomic mass is 10.1. The topological polar surface area (TPSA) is 76.5 Å². The first-order chi connectivity index (χ1) is 13.5. The van der Waals surface area contributed by atoms with E-state index < -0.39 is 17.2 Å². The Morgan fingerprint density at radius 1 is 1.18 bits per heavy atom.